The summed E-state index contributed by atoms with van der Waals surface area (Å²) in [5.41, 5.74) is 1.23. The minimum atomic E-state index is -0.486. The fourth-order valence-corrected chi connectivity index (χ4v) is 2.67. The first-order valence-corrected chi connectivity index (χ1v) is 7.47. The van der Waals surface area contributed by atoms with Gasteiger partial charge in [-0.15, -0.1) is 0 Å². The largest absolute Gasteiger partial charge is 0.349 e. The van der Waals surface area contributed by atoms with Crippen molar-refractivity contribution in [3.05, 3.63) is 63.0 Å². The molecule has 1 aromatic heterocycles. The van der Waals surface area contributed by atoms with Crippen molar-refractivity contribution in [2.45, 2.75) is 25.8 Å². The quantitative estimate of drug-likeness (QED) is 0.656. The molecule has 1 aromatic carbocycles. The maximum atomic E-state index is 12.0. The summed E-state index contributed by atoms with van der Waals surface area (Å²) in [6.45, 7) is 1.93. The molecule has 0 fully saturated rings. The van der Waals surface area contributed by atoms with Crippen LogP contribution in [0, 0.1) is 10.1 Å². The molecule has 0 bridgehead atoms. The zero-order valence-electron chi connectivity index (χ0n) is 11.6. The number of amides is 1. The standard InChI is InChI=1S/C15H16N2O3S/c1-11(7-8-12-5-3-2-4-6-12)16-15(18)13-9-10-14(21-13)17(19)20/h2-6,9-11H,7-8H2,1H3,(H,16,18). The Morgan fingerprint density at radius 3 is 2.62 bits per heavy atom. The lowest BCUT2D eigenvalue weighted by Crippen LogP contribution is -2.32. The van der Waals surface area contributed by atoms with Crippen LogP contribution in [0.15, 0.2) is 42.5 Å². The molecule has 1 unspecified atom stereocenters. The van der Waals surface area contributed by atoms with Gasteiger partial charge in [0, 0.05) is 12.1 Å². The number of nitrogens with zero attached hydrogens (tertiary/aromatic N) is 1. The monoisotopic (exact) mass is 304 g/mol. The van der Waals surface area contributed by atoms with Gasteiger partial charge in [-0.25, -0.2) is 0 Å². The van der Waals surface area contributed by atoms with Crippen LogP contribution in [0.5, 0.6) is 0 Å². The van der Waals surface area contributed by atoms with Crippen LogP contribution in [0.3, 0.4) is 0 Å². The molecular formula is C15H16N2O3S. The summed E-state index contributed by atoms with van der Waals surface area (Å²) < 4.78 is 0. The Labute approximate surface area is 126 Å². The van der Waals surface area contributed by atoms with Crippen LogP contribution in [0.4, 0.5) is 5.00 Å². The zero-order valence-corrected chi connectivity index (χ0v) is 12.4. The van der Waals surface area contributed by atoms with Crippen molar-refractivity contribution in [3.8, 4) is 0 Å². The van der Waals surface area contributed by atoms with Crippen molar-refractivity contribution >= 4 is 22.2 Å². The van der Waals surface area contributed by atoms with E-state index >= 15 is 0 Å². The number of nitrogens with one attached hydrogen (secondary N) is 1. The van der Waals surface area contributed by atoms with Gasteiger partial charge in [0.15, 0.2) is 0 Å². The third-order valence-electron chi connectivity index (χ3n) is 3.08. The second-order valence-corrected chi connectivity index (χ2v) is 5.86. The fraction of sp³-hybridized carbons (Fsp3) is 0.267. The van der Waals surface area contributed by atoms with Crippen molar-refractivity contribution in [2.75, 3.05) is 0 Å². The van der Waals surface area contributed by atoms with Crippen LogP contribution in [-0.4, -0.2) is 16.9 Å². The highest BCUT2D eigenvalue weighted by Crippen LogP contribution is 2.23. The summed E-state index contributed by atoms with van der Waals surface area (Å²) in [5.74, 6) is -0.256. The van der Waals surface area contributed by atoms with Crippen LogP contribution in [0.1, 0.15) is 28.6 Å². The molecule has 1 N–H and O–H groups in total. The molecule has 0 aliphatic heterocycles. The number of aryl methyl sites for hydroxylation is 1. The Kier molecular flexibility index (Phi) is 5.05. The third-order valence-corrected chi connectivity index (χ3v) is 4.12. The molecule has 0 aliphatic carbocycles. The number of nitro groups is 1. The Morgan fingerprint density at radius 2 is 2.00 bits per heavy atom. The maximum absolute atomic E-state index is 12.0. The molecular weight excluding hydrogens is 288 g/mol. The van der Waals surface area contributed by atoms with E-state index in [9.17, 15) is 14.9 Å². The molecule has 1 atom stereocenters. The van der Waals surface area contributed by atoms with Gasteiger partial charge < -0.3 is 5.32 Å². The van der Waals surface area contributed by atoms with E-state index in [1.54, 1.807) is 0 Å². The first kappa shape index (κ1) is 15.2. The SMILES string of the molecule is CC(CCc1ccccc1)NC(=O)c1ccc([N+](=O)[O-])s1. The fourth-order valence-electron chi connectivity index (χ4n) is 1.94. The third kappa shape index (κ3) is 4.39. The highest BCUT2D eigenvalue weighted by molar-refractivity contribution is 7.17. The van der Waals surface area contributed by atoms with Gasteiger partial charge in [-0.3, -0.25) is 14.9 Å². The molecule has 0 spiro atoms. The topological polar surface area (TPSA) is 72.2 Å². The smallest absolute Gasteiger partial charge is 0.324 e. The second kappa shape index (κ2) is 6.99. The van der Waals surface area contributed by atoms with Gasteiger partial charge in [0.25, 0.3) is 5.91 Å². The molecule has 0 radical (unpaired) electrons. The van der Waals surface area contributed by atoms with Gasteiger partial charge in [-0.05, 0) is 31.4 Å². The molecule has 0 saturated heterocycles. The molecule has 1 heterocycles. The summed E-state index contributed by atoms with van der Waals surface area (Å²) in [5, 5.41) is 13.5. The van der Waals surface area contributed by atoms with Crippen molar-refractivity contribution in [3.63, 3.8) is 0 Å². The number of carbonyl (C=O) groups is 1. The number of hydrogen-bond donors (Lipinski definition) is 1. The van der Waals surface area contributed by atoms with Crippen molar-refractivity contribution < 1.29 is 9.72 Å². The van der Waals surface area contributed by atoms with Crippen LogP contribution < -0.4 is 5.32 Å². The predicted octanol–water partition coefficient (Wildman–Crippen LogP) is 3.41. The van der Waals surface area contributed by atoms with E-state index in [1.807, 2.05) is 25.1 Å². The van der Waals surface area contributed by atoms with Gasteiger partial charge in [-0.1, -0.05) is 41.7 Å². The zero-order chi connectivity index (χ0) is 15.2. The average molecular weight is 304 g/mol. The van der Waals surface area contributed by atoms with Crippen LogP contribution in [0.2, 0.25) is 0 Å². The number of benzene rings is 1. The molecule has 21 heavy (non-hydrogen) atoms. The predicted molar refractivity (Wildman–Crippen MR) is 82.7 cm³/mol. The van der Waals surface area contributed by atoms with Crippen LogP contribution >= 0.6 is 11.3 Å². The molecule has 6 heteroatoms. The van der Waals surface area contributed by atoms with Crippen molar-refractivity contribution in [2.24, 2.45) is 0 Å². The number of rotatable bonds is 6. The Bertz CT molecular complexity index is 625. The lowest BCUT2D eigenvalue weighted by molar-refractivity contribution is -0.380. The normalized spacial score (nSPS) is 11.9. The van der Waals surface area contributed by atoms with Gasteiger partial charge in [0.2, 0.25) is 0 Å². The molecule has 0 aliphatic rings. The van der Waals surface area contributed by atoms with Crippen LogP contribution in [-0.2, 0) is 6.42 Å². The van der Waals surface area contributed by atoms with Crippen molar-refractivity contribution in [1.29, 1.82) is 0 Å². The summed E-state index contributed by atoms with van der Waals surface area (Å²) in [7, 11) is 0. The van der Waals surface area contributed by atoms with E-state index in [0.29, 0.717) is 4.88 Å². The van der Waals surface area contributed by atoms with E-state index in [-0.39, 0.29) is 17.0 Å². The van der Waals surface area contributed by atoms with Gasteiger partial charge >= 0.3 is 5.00 Å². The minimum Gasteiger partial charge on any atom is -0.349 e. The van der Waals surface area contributed by atoms with E-state index in [1.165, 1.54) is 17.7 Å². The molecule has 1 amide bonds. The Morgan fingerprint density at radius 1 is 1.29 bits per heavy atom. The Hall–Kier alpha value is -2.21. The first-order valence-electron chi connectivity index (χ1n) is 6.65. The van der Waals surface area contributed by atoms with E-state index in [4.69, 9.17) is 0 Å². The summed E-state index contributed by atoms with van der Waals surface area (Å²) in [6, 6.07) is 12.9. The minimum absolute atomic E-state index is 0.0128. The number of hydrogen-bond acceptors (Lipinski definition) is 4. The van der Waals surface area contributed by atoms with Crippen LogP contribution in [0.25, 0.3) is 0 Å². The lowest BCUT2D eigenvalue weighted by atomic mass is 10.1. The van der Waals surface area contributed by atoms with Gasteiger partial charge in [0.05, 0.1) is 9.80 Å². The molecule has 5 nitrogen and oxygen atoms in total. The first-order chi connectivity index (χ1) is 10.1. The summed E-state index contributed by atoms with van der Waals surface area (Å²) >= 11 is 0.894. The summed E-state index contributed by atoms with van der Waals surface area (Å²) in [6.07, 6.45) is 1.70. The van der Waals surface area contributed by atoms with E-state index < -0.39 is 4.92 Å². The molecule has 2 aromatic rings. The van der Waals surface area contributed by atoms with Gasteiger partial charge in [-0.2, -0.15) is 0 Å². The number of thiophene rings is 1. The molecule has 110 valence electrons. The lowest BCUT2D eigenvalue weighted by Gasteiger charge is -2.13. The maximum Gasteiger partial charge on any atom is 0.324 e. The average Bonchev–Trinajstić information content (AvgIpc) is 2.96. The second-order valence-electron chi connectivity index (χ2n) is 4.79. The summed E-state index contributed by atoms with van der Waals surface area (Å²) in [4.78, 5) is 22.5. The van der Waals surface area contributed by atoms with Crippen molar-refractivity contribution in [1.82, 2.24) is 5.32 Å². The number of carbonyl (C=O) groups excluding carboxylic acids is 1. The van der Waals surface area contributed by atoms with Gasteiger partial charge in [0.1, 0.15) is 0 Å². The van der Waals surface area contributed by atoms with E-state index in [2.05, 4.69) is 17.4 Å². The van der Waals surface area contributed by atoms with E-state index in [0.717, 1.165) is 24.2 Å². The Balaban J connectivity index is 1.85. The highest BCUT2D eigenvalue weighted by atomic mass is 32.1. The molecule has 0 saturated carbocycles. The molecule has 2 rings (SSSR count). The highest BCUT2D eigenvalue weighted by Gasteiger charge is 2.16.